The maximum atomic E-state index is 14.1. The molecule has 1 aliphatic rings. The summed E-state index contributed by atoms with van der Waals surface area (Å²) in [5.74, 6) is 1.46. The van der Waals surface area contributed by atoms with Gasteiger partial charge in [0.15, 0.2) is 0 Å². The number of carbonyl (C=O) groups excluding carboxylic acids is 1. The van der Waals surface area contributed by atoms with E-state index in [1.807, 2.05) is 49.6 Å². The summed E-state index contributed by atoms with van der Waals surface area (Å²) in [6.07, 6.45) is 11.5. The number of nitrogens with zero attached hydrogens (tertiary/aromatic N) is 3. The second-order valence-electron chi connectivity index (χ2n) is 13.5. The molecule has 0 unspecified atom stereocenters. The van der Waals surface area contributed by atoms with Crippen LogP contribution in [0.15, 0.2) is 71.7 Å². The Morgan fingerprint density at radius 2 is 1.51 bits per heavy atom. The molecule has 10 heteroatoms. The number of hydrogen-bond donors (Lipinski definition) is 1. The summed E-state index contributed by atoms with van der Waals surface area (Å²) >= 11 is 0. The number of phenolic OH excluding ortho intramolecular Hbond substituents is 1. The molecule has 1 fully saturated rings. The van der Waals surface area contributed by atoms with Gasteiger partial charge in [-0.15, -0.1) is 0 Å². The van der Waals surface area contributed by atoms with Gasteiger partial charge in [0.1, 0.15) is 28.6 Å². The lowest BCUT2D eigenvalue weighted by molar-refractivity contribution is -0.914. The van der Waals surface area contributed by atoms with Gasteiger partial charge in [0.25, 0.3) is 5.91 Å². The summed E-state index contributed by atoms with van der Waals surface area (Å²) in [4.78, 5) is 29.6. The Kier molecular flexibility index (Phi) is 14.8. The highest BCUT2D eigenvalue weighted by Crippen LogP contribution is 2.30. The molecule has 0 radical (unpaired) electrons. The smallest absolute Gasteiger partial charge is 0.263 e. The molecular weight excluding hydrogens is 710 g/mol. The number of amides is 1. The first kappa shape index (κ1) is 39.8. The van der Waals surface area contributed by atoms with E-state index in [-0.39, 0.29) is 33.7 Å². The van der Waals surface area contributed by atoms with Crippen molar-refractivity contribution in [3.63, 3.8) is 0 Å². The average molecular weight is 765 g/mol. The first-order valence-electron chi connectivity index (χ1n) is 18.4. The number of benzene rings is 3. The maximum Gasteiger partial charge on any atom is 0.263 e. The summed E-state index contributed by atoms with van der Waals surface area (Å²) in [6.45, 7) is 11.4. The van der Waals surface area contributed by atoms with Crippen molar-refractivity contribution in [2.75, 3.05) is 57.9 Å². The standard InChI is InChI=1S/C41H53N3O6.BrH/c1-5-42(31-17-16-18-33(45)25-31)41(47)38-30-43(32-26-35(48-6-2)28-36(27-32)49-7-3)39-29-34(19-20-37(39)40(38)46)50-24-15-10-8-9-12-21-44(4)22-13-11-14-23-44;/h16-20,25-30H,5-15,21-24H2,1-4H3;1H. The van der Waals surface area contributed by atoms with E-state index in [4.69, 9.17) is 14.2 Å². The number of rotatable bonds is 17. The molecule has 1 N–H and O–H groups in total. The fourth-order valence-electron chi connectivity index (χ4n) is 7.02. The van der Waals surface area contributed by atoms with E-state index >= 15 is 0 Å². The molecule has 3 aromatic carbocycles. The van der Waals surface area contributed by atoms with Crippen molar-refractivity contribution >= 4 is 22.5 Å². The summed E-state index contributed by atoms with van der Waals surface area (Å²) < 4.78 is 21.0. The molecule has 0 saturated carbocycles. The molecule has 0 spiro atoms. The molecule has 1 amide bonds. The Morgan fingerprint density at radius 3 is 2.18 bits per heavy atom. The van der Waals surface area contributed by atoms with E-state index in [0.29, 0.717) is 65.9 Å². The number of quaternary nitrogens is 1. The Morgan fingerprint density at radius 1 is 0.824 bits per heavy atom. The predicted molar refractivity (Wildman–Crippen MR) is 201 cm³/mol. The number of carbonyl (C=O) groups is 1. The Balaban J connectivity index is 0.00000583. The van der Waals surface area contributed by atoms with Crippen LogP contribution in [0.1, 0.15) is 82.5 Å². The topological polar surface area (TPSA) is 90.2 Å². The lowest BCUT2D eigenvalue weighted by atomic mass is 10.1. The number of halogens is 1. The highest BCUT2D eigenvalue weighted by atomic mass is 79.9. The Labute approximate surface area is 313 Å². The zero-order chi connectivity index (χ0) is 35.5. The zero-order valence-corrected chi connectivity index (χ0v) is 32.3. The number of aromatic hydroxyl groups is 1. The van der Waals surface area contributed by atoms with Crippen LogP contribution in [0.3, 0.4) is 0 Å². The fourth-order valence-corrected chi connectivity index (χ4v) is 7.02. The molecule has 5 rings (SSSR count). The number of anilines is 1. The Hall–Kier alpha value is -4.02. The first-order chi connectivity index (χ1) is 24.2. The second kappa shape index (κ2) is 19.0. The predicted octanol–water partition coefficient (Wildman–Crippen LogP) is 5.12. The number of pyridine rings is 1. The van der Waals surface area contributed by atoms with Gasteiger partial charge >= 0.3 is 0 Å². The molecule has 9 nitrogen and oxygen atoms in total. The van der Waals surface area contributed by atoms with Crippen LogP contribution in [-0.4, -0.2) is 73.1 Å². The molecule has 0 bridgehead atoms. The van der Waals surface area contributed by atoms with Gasteiger partial charge in [-0.2, -0.15) is 0 Å². The minimum atomic E-state index is -0.461. The van der Waals surface area contributed by atoms with E-state index < -0.39 is 5.91 Å². The van der Waals surface area contributed by atoms with E-state index in [0.717, 1.165) is 12.8 Å². The van der Waals surface area contributed by atoms with E-state index in [1.54, 1.807) is 36.5 Å². The highest BCUT2D eigenvalue weighted by molar-refractivity contribution is 6.07. The number of piperidine rings is 1. The summed E-state index contributed by atoms with van der Waals surface area (Å²) in [5, 5.41) is 10.5. The van der Waals surface area contributed by atoms with Crippen molar-refractivity contribution in [2.24, 2.45) is 0 Å². The molecule has 1 aromatic heterocycles. The summed E-state index contributed by atoms with van der Waals surface area (Å²) in [7, 11) is 2.42. The molecule has 0 aliphatic carbocycles. The van der Waals surface area contributed by atoms with Crippen LogP contribution in [-0.2, 0) is 0 Å². The van der Waals surface area contributed by atoms with Crippen molar-refractivity contribution in [3.8, 4) is 28.7 Å². The molecule has 0 atom stereocenters. The number of phenols is 1. The van der Waals surface area contributed by atoms with E-state index in [9.17, 15) is 14.7 Å². The minimum absolute atomic E-state index is 0. The third kappa shape index (κ3) is 10.3. The number of aromatic nitrogens is 1. The van der Waals surface area contributed by atoms with Gasteiger partial charge in [0, 0.05) is 54.1 Å². The molecule has 276 valence electrons. The van der Waals surface area contributed by atoms with Gasteiger partial charge in [0.05, 0.1) is 57.7 Å². The van der Waals surface area contributed by atoms with Crippen LogP contribution >= 0.6 is 0 Å². The first-order valence-corrected chi connectivity index (χ1v) is 18.4. The SMILES string of the molecule is CCOc1cc(OCC)cc(-n2cc(C(=O)N(CC)c3cccc(O)c3)c(=O)c3ccc(OCCCCCCC[N+]4(C)CCCCC4)cc32)c1.[Br-]. The molecule has 1 aliphatic heterocycles. The van der Waals surface area contributed by atoms with Crippen LogP contribution in [0.4, 0.5) is 5.69 Å². The fraction of sp³-hybridized carbons (Fsp3) is 0.463. The van der Waals surface area contributed by atoms with Gasteiger partial charge in [-0.25, -0.2) is 0 Å². The summed E-state index contributed by atoms with van der Waals surface area (Å²) in [5.41, 5.74) is 1.42. The van der Waals surface area contributed by atoms with Crippen LogP contribution < -0.4 is 41.5 Å². The van der Waals surface area contributed by atoms with Gasteiger partial charge in [0.2, 0.25) is 5.43 Å². The average Bonchev–Trinajstić information content (AvgIpc) is 3.10. The van der Waals surface area contributed by atoms with Gasteiger partial charge in [-0.05, 0) is 83.6 Å². The number of fused-ring (bicyclic) bond motifs is 1. The van der Waals surface area contributed by atoms with E-state index in [1.165, 1.54) is 73.6 Å². The number of unbranched alkanes of at least 4 members (excludes halogenated alkanes) is 4. The molecule has 51 heavy (non-hydrogen) atoms. The lowest BCUT2D eigenvalue weighted by Crippen LogP contribution is -3.00. The third-order valence-corrected chi connectivity index (χ3v) is 9.68. The highest BCUT2D eigenvalue weighted by Gasteiger charge is 2.24. The zero-order valence-electron chi connectivity index (χ0n) is 30.7. The lowest BCUT2D eigenvalue weighted by Gasteiger charge is -2.37. The van der Waals surface area contributed by atoms with E-state index in [2.05, 4.69) is 7.05 Å². The molecule has 2 heterocycles. The summed E-state index contributed by atoms with van der Waals surface area (Å²) in [6, 6.07) is 17.5. The van der Waals surface area contributed by atoms with Crippen molar-refractivity contribution in [1.29, 1.82) is 0 Å². The van der Waals surface area contributed by atoms with Crippen LogP contribution in [0.5, 0.6) is 23.0 Å². The second-order valence-corrected chi connectivity index (χ2v) is 13.5. The Bertz CT molecular complexity index is 1780. The van der Waals surface area contributed by atoms with Crippen LogP contribution in [0, 0.1) is 0 Å². The van der Waals surface area contributed by atoms with Crippen LogP contribution in [0.25, 0.3) is 16.6 Å². The van der Waals surface area contributed by atoms with Crippen molar-refractivity contribution in [1.82, 2.24) is 4.57 Å². The molecule has 1 saturated heterocycles. The largest absolute Gasteiger partial charge is 1.00 e. The monoisotopic (exact) mass is 763 g/mol. The molecule has 4 aromatic rings. The van der Waals surface area contributed by atoms with Gasteiger partial charge in [-0.3, -0.25) is 9.59 Å². The van der Waals surface area contributed by atoms with Crippen molar-refractivity contribution in [3.05, 3.63) is 82.6 Å². The number of ether oxygens (including phenoxy) is 3. The number of likely N-dealkylation sites (tertiary alicyclic amines) is 1. The van der Waals surface area contributed by atoms with Crippen LogP contribution in [0.2, 0.25) is 0 Å². The number of hydrogen-bond acceptors (Lipinski definition) is 6. The molecular formula is C41H54BrN3O6. The normalized spacial score (nSPS) is 13.7. The van der Waals surface area contributed by atoms with Gasteiger partial charge in [-0.1, -0.05) is 18.9 Å². The maximum absolute atomic E-state index is 14.1. The third-order valence-electron chi connectivity index (χ3n) is 9.68. The van der Waals surface area contributed by atoms with Crippen molar-refractivity contribution in [2.45, 2.75) is 72.1 Å². The van der Waals surface area contributed by atoms with Gasteiger partial charge < -0.3 is 50.2 Å². The van der Waals surface area contributed by atoms with Crippen molar-refractivity contribution < 1.29 is 45.6 Å². The quantitative estimate of drug-likeness (QED) is 0.119. The minimum Gasteiger partial charge on any atom is -1.00 e.